The predicted molar refractivity (Wildman–Crippen MR) is 124 cm³/mol. The molecular formula is C23H28F3N4O2P. The Bertz CT molecular complexity index is 1230. The van der Waals surface area contributed by atoms with Crippen LogP contribution in [0.1, 0.15) is 43.8 Å². The lowest BCUT2D eigenvalue weighted by Crippen LogP contribution is -2.36. The van der Waals surface area contributed by atoms with E-state index < -0.39 is 42.5 Å². The van der Waals surface area contributed by atoms with Gasteiger partial charge in [0, 0.05) is 10.9 Å². The summed E-state index contributed by atoms with van der Waals surface area (Å²) in [6, 6.07) is 4.61. The van der Waals surface area contributed by atoms with Crippen LogP contribution in [0.2, 0.25) is 0 Å². The average molecular weight is 480 g/mol. The van der Waals surface area contributed by atoms with Crippen molar-refractivity contribution in [3.05, 3.63) is 53.2 Å². The quantitative estimate of drug-likeness (QED) is 0.463. The Labute approximate surface area is 191 Å². The van der Waals surface area contributed by atoms with Crippen molar-refractivity contribution in [2.45, 2.75) is 45.8 Å². The number of halogens is 3. The average Bonchev–Trinajstić information content (AvgIpc) is 2.71. The maximum absolute atomic E-state index is 15.2. The van der Waals surface area contributed by atoms with E-state index >= 15 is 4.39 Å². The first-order valence-corrected chi connectivity index (χ1v) is 13.1. The summed E-state index contributed by atoms with van der Waals surface area (Å²) in [5, 5.41) is 13.6. The van der Waals surface area contributed by atoms with E-state index in [9.17, 15) is 18.5 Å². The first kappa shape index (κ1) is 25.1. The zero-order chi connectivity index (χ0) is 24.7. The fourth-order valence-corrected chi connectivity index (χ4v) is 4.32. The summed E-state index contributed by atoms with van der Waals surface area (Å²) in [5.74, 6) is -4.82. The van der Waals surface area contributed by atoms with Crippen molar-refractivity contribution in [1.82, 2.24) is 15.0 Å². The number of anilines is 1. The van der Waals surface area contributed by atoms with Gasteiger partial charge in [-0.05, 0) is 45.2 Å². The molecule has 33 heavy (non-hydrogen) atoms. The minimum Gasteiger partial charge on any atom is -0.386 e. The molecule has 10 heteroatoms. The van der Waals surface area contributed by atoms with Gasteiger partial charge in [-0.25, -0.2) is 14.4 Å². The third-order valence-corrected chi connectivity index (χ3v) is 6.79. The van der Waals surface area contributed by atoms with Crippen molar-refractivity contribution in [3.8, 4) is 0 Å². The number of benzene rings is 1. The van der Waals surface area contributed by atoms with Gasteiger partial charge in [0.25, 0.3) is 0 Å². The molecule has 2 N–H and O–H groups in total. The summed E-state index contributed by atoms with van der Waals surface area (Å²) in [6.07, 6.45) is -0.521. The fourth-order valence-electron chi connectivity index (χ4n) is 3.54. The van der Waals surface area contributed by atoms with Crippen LogP contribution >= 0.6 is 7.14 Å². The molecule has 0 saturated heterocycles. The van der Waals surface area contributed by atoms with Crippen molar-refractivity contribution in [1.29, 1.82) is 0 Å². The number of aliphatic hydroxyl groups excluding tert-OH is 1. The van der Waals surface area contributed by atoms with Gasteiger partial charge in [-0.1, -0.05) is 26.0 Å². The maximum atomic E-state index is 15.2. The zero-order valence-electron chi connectivity index (χ0n) is 19.4. The molecule has 0 aliphatic rings. The predicted octanol–water partition coefficient (Wildman–Crippen LogP) is 5.00. The van der Waals surface area contributed by atoms with Gasteiger partial charge < -0.3 is 15.0 Å². The molecule has 1 aromatic carbocycles. The van der Waals surface area contributed by atoms with Gasteiger partial charge in [0.15, 0.2) is 0 Å². The molecule has 0 spiro atoms. The molecule has 3 rings (SSSR count). The number of hydrogen-bond acceptors (Lipinski definition) is 6. The number of aromatic nitrogens is 3. The highest BCUT2D eigenvalue weighted by atomic mass is 31.2. The molecule has 3 aromatic rings. The van der Waals surface area contributed by atoms with Crippen LogP contribution in [0.4, 0.5) is 19.0 Å². The van der Waals surface area contributed by atoms with Gasteiger partial charge in [0.2, 0.25) is 0 Å². The molecule has 0 aliphatic carbocycles. The third-order valence-electron chi connectivity index (χ3n) is 5.44. The molecule has 0 bridgehead atoms. The number of nitrogens with zero attached hydrogens (tertiary/aromatic N) is 3. The Hall–Kier alpha value is -2.51. The van der Waals surface area contributed by atoms with Crippen molar-refractivity contribution < 1.29 is 22.8 Å². The monoisotopic (exact) mass is 480 g/mol. The highest BCUT2D eigenvalue weighted by molar-refractivity contribution is 7.69. The largest absolute Gasteiger partial charge is 0.386 e. The molecule has 0 saturated carbocycles. The van der Waals surface area contributed by atoms with Crippen LogP contribution in [0.3, 0.4) is 0 Å². The molecule has 0 aliphatic heterocycles. The number of rotatable bonds is 7. The van der Waals surface area contributed by atoms with Crippen LogP contribution < -0.4 is 10.8 Å². The molecule has 0 fully saturated rings. The highest BCUT2D eigenvalue weighted by Crippen LogP contribution is 2.39. The van der Waals surface area contributed by atoms with Crippen LogP contribution in [-0.4, -0.2) is 39.5 Å². The van der Waals surface area contributed by atoms with Gasteiger partial charge in [-0.15, -0.1) is 0 Å². The normalized spacial score (nSPS) is 14.5. The molecule has 0 amide bonds. The Morgan fingerprint density at radius 1 is 1.15 bits per heavy atom. The number of alkyl halides is 2. The number of hydrogen-bond donors (Lipinski definition) is 2. The van der Waals surface area contributed by atoms with E-state index in [1.807, 2.05) is 0 Å². The van der Waals surface area contributed by atoms with Crippen LogP contribution in [0.5, 0.6) is 0 Å². The molecule has 178 valence electrons. The molecular weight excluding hydrogens is 452 g/mol. The van der Waals surface area contributed by atoms with Crippen molar-refractivity contribution >= 4 is 29.3 Å². The van der Waals surface area contributed by atoms with Crippen molar-refractivity contribution in [3.63, 3.8) is 0 Å². The number of aliphatic hydroxyl groups is 1. The summed E-state index contributed by atoms with van der Waals surface area (Å²) in [6.45, 7) is 9.39. The smallest absolute Gasteiger partial charge is 0.301 e. The number of nitrogens with one attached hydrogen (secondary N) is 1. The number of pyridine rings is 1. The highest BCUT2D eigenvalue weighted by Gasteiger charge is 2.44. The van der Waals surface area contributed by atoms with E-state index in [0.29, 0.717) is 28.0 Å². The van der Waals surface area contributed by atoms with E-state index in [1.54, 1.807) is 33.2 Å². The lowest BCUT2D eigenvalue weighted by molar-refractivity contribution is -0.134. The first-order chi connectivity index (χ1) is 15.2. The summed E-state index contributed by atoms with van der Waals surface area (Å²) in [7, 11) is -2.66. The minimum atomic E-state index is -3.75. The summed E-state index contributed by atoms with van der Waals surface area (Å²) in [5.41, 5.74) is 0.0466. The molecule has 6 nitrogen and oxygen atoms in total. The van der Waals surface area contributed by atoms with E-state index in [2.05, 4.69) is 20.3 Å². The van der Waals surface area contributed by atoms with Crippen molar-refractivity contribution in [2.24, 2.45) is 5.92 Å². The number of fused-ring (bicyclic) bond motifs is 1. The fraction of sp³-hybridized carbons (Fsp3) is 0.435. The molecule has 0 radical (unpaired) electrons. The number of aryl methyl sites for hydroxylation is 1. The molecule has 1 unspecified atom stereocenters. The third kappa shape index (κ3) is 5.04. The summed E-state index contributed by atoms with van der Waals surface area (Å²) >= 11 is 0. The Morgan fingerprint density at radius 2 is 1.82 bits per heavy atom. The summed E-state index contributed by atoms with van der Waals surface area (Å²) in [4.78, 5) is 13.0. The Balaban J connectivity index is 2.05. The standard InChI is InChI=1S/C23H28F3N4O2P/c1-12(2)21(31)23(25,26)17-9-7-8-15(20(17)24)13(3)28-22-16-10-19(33(5,6)32)27-11-18(16)29-14(4)30-22/h7-13,21,31H,1-6H3,(H,28,29,30)/t13-,21?/m1/s1. The second-order valence-electron chi connectivity index (χ2n) is 8.92. The van der Waals surface area contributed by atoms with E-state index in [0.717, 1.165) is 6.07 Å². The summed E-state index contributed by atoms with van der Waals surface area (Å²) < 4.78 is 57.3. The molecule has 2 atom stereocenters. The molecule has 2 aromatic heterocycles. The van der Waals surface area contributed by atoms with Crippen LogP contribution in [-0.2, 0) is 10.5 Å². The second-order valence-corrected chi connectivity index (χ2v) is 12.1. The first-order valence-electron chi connectivity index (χ1n) is 10.5. The SMILES string of the molecule is Cc1nc(N[C@H](C)c2cccc(C(F)(F)C(O)C(C)C)c2F)c2cc(P(C)(C)=O)ncc2n1. The minimum absolute atomic E-state index is 0.00141. The van der Waals surface area contributed by atoms with Crippen molar-refractivity contribution in [2.75, 3.05) is 18.6 Å². The zero-order valence-corrected chi connectivity index (χ0v) is 20.3. The van der Waals surface area contributed by atoms with Crippen LogP contribution in [0.25, 0.3) is 10.9 Å². The van der Waals surface area contributed by atoms with E-state index in [4.69, 9.17) is 0 Å². The lowest BCUT2D eigenvalue weighted by Gasteiger charge is -2.27. The van der Waals surface area contributed by atoms with Gasteiger partial charge in [-0.3, -0.25) is 4.98 Å². The van der Waals surface area contributed by atoms with Crippen LogP contribution in [0, 0.1) is 18.7 Å². The Morgan fingerprint density at radius 3 is 2.42 bits per heavy atom. The van der Waals surface area contributed by atoms with Gasteiger partial charge in [0.05, 0.1) is 23.3 Å². The second kappa shape index (κ2) is 9.03. The van der Waals surface area contributed by atoms with E-state index in [1.165, 1.54) is 32.2 Å². The Kier molecular flexibility index (Phi) is 6.87. The lowest BCUT2D eigenvalue weighted by atomic mass is 9.92. The topological polar surface area (TPSA) is 88.0 Å². The maximum Gasteiger partial charge on any atom is 0.301 e. The van der Waals surface area contributed by atoms with E-state index in [-0.39, 0.29) is 5.56 Å². The molecule has 2 heterocycles. The van der Waals surface area contributed by atoms with Gasteiger partial charge in [-0.2, -0.15) is 8.78 Å². The van der Waals surface area contributed by atoms with Gasteiger partial charge >= 0.3 is 5.92 Å². The van der Waals surface area contributed by atoms with Crippen LogP contribution in [0.15, 0.2) is 30.5 Å². The van der Waals surface area contributed by atoms with Gasteiger partial charge in [0.1, 0.15) is 36.1 Å².